The van der Waals surface area contributed by atoms with Crippen molar-refractivity contribution in [1.29, 1.82) is 0 Å². The minimum atomic E-state index is -3.99. The first-order chi connectivity index (χ1) is 9.68. The number of nitrogens with one attached hydrogen (secondary N) is 1. The number of aryl methyl sites for hydroxylation is 1. The molecule has 1 aliphatic rings. The minimum Gasteiger partial charge on any atom is -0.349 e. The van der Waals surface area contributed by atoms with Gasteiger partial charge >= 0.3 is 0 Å². The van der Waals surface area contributed by atoms with Crippen LogP contribution in [0, 0.1) is 18.7 Å². The van der Waals surface area contributed by atoms with E-state index in [1.165, 1.54) is 6.92 Å². The number of nitrogens with two attached hydrogens (primary N) is 1. The lowest BCUT2D eigenvalue weighted by Gasteiger charge is -2.14. The maximum absolute atomic E-state index is 13.9. The summed E-state index contributed by atoms with van der Waals surface area (Å²) < 4.78 is 36.8. The van der Waals surface area contributed by atoms with Crippen molar-refractivity contribution >= 4 is 15.9 Å². The van der Waals surface area contributed by atoms with Crippen molar-refractivity contribution in [2.24, 2.45) is 11.1 Å². The fourth-order valence-electron chi connectivity index (χ4n) is 2.35. The lowest BCUT2D eigenvalue weighted by molar-refractivity contribution is 0.0933. The smallest absolute Gasteiger partial charge is 0.254 e. The molecule has 0 saturated heterocycles. The summed E-state index contributed by atoms with van der Waals surface area (Å²) in [5.74, 6) is -0.746. The predicted molar refractivity (Wildman–Crippen MR) is 76.8 cm³/mol. The number of amides is 1. The summed E-state index contributed by atoms with van der Waals surface area (Å²) in [6, 6.07) is 1.93. The van der Waals surface area contributed by atoms with Crippen LogP contribution in [0.4, 0.5) is 4.39 Å². The van der Waals surface area contributed by atoms with Gasteiger partial charge in [0.15, 0.2) is 0 Å². The van der Waals surface area contributed by atoms with E-state index in [-0.39, 0.29) is 22.1 Å². The molecule has 1 aliphatic carbocycles. The number of hydrogen-bond acceptors (Lipinski definition) is 3. The molecule has 1 amide bonds. The van der Waals surface area contributed by atoms with E-state index in [4.69, 9.17) is 5.14 Å². The molecule has 1 fully saturated rings. The fraction of sp³-hybridized carbons (Fsp3) is 0.500. The molecule has 3 N–H and O–H groups in total. The Morgan fingerprint density at radius 3 is 2.62 bits per heavy atom. The lowest BCUT2D eigenvalue weighted by atomic mass is 10.1. The van der Waals surface area contributed by atoms with Gasteiger partial charge in [-0.3, -0.25) is 4.79 Å². The van der Waals surface area contributed by atoms with Gasteiger partial charge in [0.2, 0.25) is 10.0 Å². The topological polar surface area (TPSA) is 89.3 Å². The molecule has 1 unspecified atom stereocenters. The average Bonchev–Trinajstić information content (AvgIpc) is 3.10. The van der Waals surface area contributed by atoms with Crippen molar-refractivity contribution in [3.05, 3.63) is 29.1 Å². The Balaban J connectivity index is 2.23. The highest BCUT2D eigenvalue weighted by atomic mass is 32.2. The molecule has 0 bridgehead atoms. The first-order valence-electron chi connectivity index (χ1n) is 6.82. The van der Waals surface area contributed by atoms with E-state index in [9.17, 15) is 17.6 Å². The molecule has 1 atom stereocenters. The van der Waals surface area contributed by atoms with Crippen LogP contribution in [0.5, 0.6) is 0 Å². The van der Waals surface area contributed by atoms with Crippen LogP contribution in [-0.4, -0.2) is 20.4 Å². The second kappa shape index (κ2) is 5.73. The normalized spacial score (nSPS) is 16.6. The first kappa shape index (κ1) is 15.9. The number of rotatable bonds is 5. The molecule has 0 spiro atoms. The van der Waals surface area contributed by atoms with E-state index in [1.807, 2.05) is 6.92 Å². The predicted octanol–water partition coefficient (Wildman–Crippen LogP) is 1.70. The van der Waals surface area contributed by atoms with Crippen LogP contribution >= 0.6 is 0 Å². The number of halogens is 1. The van der Waals surface area contributed by atoms with Crippen LogP contribution < -0.4 is 10.5 Å². The molecule has 21 heavy (non-hydrogen) atoms. The number of sulfonamides is 1. The van der Waals surface area contributed by atoms with Gasteiger partial charge in [-0.25, -0.2) is 17.9 Å². The highest BCUT2D eigenvalue weighted by Gasteiger charge is 2.25. The molecule has 0 aliphatic heterocycles. The van der Waals surface area contributed by atoms with Gasteiger partial charge in [0.05, 0.1) is 10.5 Å². The third-order valence-electron chi connectivity index (χ3n) is 3.58. The average molecular weight is 314 g/mol. The summed E-state index contributed by atoms with van der Waals surface area (Å²) in [5, 5.41) is 7.76. The second-order valence-corrected chi connectivity index (χ2v) is 7.23. The van der Waals surface area contributed by atoms with Gasteiger partial charge in [-0.2, -0.15) is 0 Å². The zero-order valence-electron chi connectivity index (χ0n) is 12.0. The Morgan fingerprint density at radius 2 is 2.10 bits per heavy atom. The number of benzene rings is 1. The largest absolute Gasteiger partial charge is 0.349 e. The molecular formula is C14H19FN2O3S. The molecule has 2 rings (SSSR count). The Morgan fingerprint density at radius 1 is 1.48 bits per heavy atom. The third-order valence-corrected chi connectivity index (χ3v) is 4.63. The van der Waals surface area contributed by atoms with E-state index in [0.29, 0.717) is 5.92 Å². The number of hydrogen-bond donors (Lipinski definition) is 2. The van der Waals surface area contributed by atoms with Gasteiger partial charge in [-0.05, 0) is 43.9 Å². The lowest BCUT2D eigenvalue weighted by Crippen LogP contribution is -2.33. The molecule has 1 aromatic carbocycles. The van der Waals surface area contributed by atoms with Crippen LogP contribution in [0.3, 0.4) is 0 Å². The Labute approximate surface area is 123 Å². The standard InChI is InChI=1S/C14H19FN2O3S/c1-8-5-12(15)11(7-13(8)21(16,19)20)14(18)17-9(2)6-10-3-4-10/h5,7,9-10H,3-4,6H2,1-2H3,(H,17,18)(H2,16,19,20). The van der Waals surface area contributed by atoms with E-state index in [0.717, 1.165) is 31.4 Å². The number of carbonyl (C=O) groups excluding carboxylic acids is 1. The summed E-state index contributed by atoms with van der Waals surface area (Å²) in [4.78, 5) is 11.8. The monoisotopic (exact) mass is 314 g/mol. The zero-order valence-corrected chi connectivity index (χ0v) is 12.8. The molecule has 1 saturated carbocycles. The van der Waals surface area contributed by atoms with Crippen molar-refractivity contribution < 1.29 is 17.6 Å². The quantitative estimate of drug-likeness (QED) is 0.867. The fourth-order valence-corrected chi connectivity index (χ4v) is 3.14. The molecule has 7 heteroatoms. The maximum Gasteiger partial charge on any atom is 0.254 e. The summed E-state index contributed by atoms with van der Waals surface area (Å²) in [7, 11) is -3.99. The molecular weight excluding hydrogens is 295 g/mol. The Hall–Kier alpha value is -1.47. The van der Waals surface area contributed by atoms with Crippen molar-refractivity contribution in [2.45, 2.75) is 44.0 Å². The molecule has 0 heterocycles. The first-order valence-corrected chi connectivity index (χ1v) is 8.37. The van der Waals surface area contributed by atoms with Gasteiger partial charge in [0.1, 0.15) is 5.82 Å². The van der Waals surface area contributed by atoms with Gasteiger partial charge in [-0.1, -0.05) is 12.8 Å². The van der Waals surface area contributed by atoms with Crippen molar-refractivity contribution in [1.82, 2.24) is 5.32 Å². The molecule has 1 aromatic rings. The van der Waals surface area contributed by atoms with E-state index < -0.39 is 21.7 Å². The summed E-state index contributed by atoms with van der Waals surface area (Å²) in [6.45, 7) is 3.28. The van der Waals surface area contributed by atoms with Crippen LogP contribution in [0.15, 0.2) is 17.0 Å². The van der Waals surface area contributed by atoms with Gasteiger partial charge < -0.3 is 5.32 Å². The SMILES string of the molecule is Cc1cc(F)c(C(=O)NC(C)CC2CC2)cc1S(N)(=O)=O. The third kappa shape index (κ3) is 4.01. The van der Waals surface area contributed by atoms with E-state index in [2.05, 4.69) is 5.32 Å². The van der Waals surface area contributed by atoms with Gasteiger partial charge in [-0.15, -0.1) is 0 Å². The van der Waals surface area contributed by atoms with Crippen molar-refractivity contribution in [3.8, 4) is 0 Å². The Kier molecular flexibility index (Phi) is 4.34. The van der Waals surface area contributed by atoms with Crippen molar-refractivity contribution in [2.75, 3.05) is 0 Å². The highest BCUT2D eigenvalue weighted by molar-refractivity contribution is 7.89. The van der Waals surface area contributed by atoms with Gasteiger partial charge in [0.25, 0.3) is 5.91 Å². The minimum absolute atomic E-state index is 0.0800. The van der Waals surface area contributed by atoms with Crippen LogP contribution in [0.25, 0.3) is 0 Å². The van der Waals surface area contributed by atoms with Gasteiger partial charge in [0, 0.05) is 6.04 Å². The van der Waals surface area contributed by atoms with Crippen molar-refractivity contribution in [3.63, 3.8) is 0 Å². The molecule has 0 aromatic heterocycles. The number of carbonyl (C=O) groups is 1. The summed E-state index contributed by atoms with van der Waals surface area (Å²) in [6.07, 6.45) is 3.17. The maximum atomic E-state index is 13.9. The Bertz CT molecular complexity index is 669. The molecule has 0 radical (unpaired) electrons. The second-order valence-electron chi connectivity index (χ2n) is 5.70. The summed E-state index contributed by atoms with van der Waals surface area (Å²) >= 11 is 0. The highest BCUT2D eigenvalue weighted by Crippen LogP contribution is 2.33. The summed E-state index contributed by atoms with van der Waals surface area (Å²) in [5.41, 5.74) is -0.121. The van der Waals surface area contributed by atoms with E-state index in [1.54, 1.807) is 0 Å². The molecule has 116 valence electrons. The number of primary sulfonamides is 1. The molecule has 5 nitrogen and oxygen atoms in total. The van der Waals surface area contributed by atoms with Crippen LogP contribution in [-0.2, 0) is 10.0 Å². The van der Waals surface area contributed by atoms with Crippen LogP contribution in [0.1, 0.15) is 42.1 Å². The van der Waals surface area contributed by atoms with E-state index >= 15 is 0 Å². The van der Waals surface area contributed by atoms with Crippen LogP contribution in [0.2, 0.25) is 0 Å². The zero-order chi connectivity index (χ0) is 15.8.